The molecule has 5 heteroatoms. The highest BCUT2D eigenvalue weighted by atomic mass is 35.5. The molecule has 18 heavy (non-hydrogen) atoms. The van der Waals surface area contributed by atoms with Gasteiger partial charge in [0.2, 0.25) is 0 Å². The van der Waals surface area contributed by atoms with Crippen molar-refractivity contribution in [1.29, 1.82) is 5.26 Å². The van der Waals surface area contributed by atoms with Crippen LogP contribution in [0.4, 0.5) is 0 Å². The van der Waals surface area contributed by atoms with Gasteiger partial charge in [-0.25, -0.2) is 0 Å². The van der Waals surface area contributed by atoms with Crippen molar-refractivity contribution in [3.05, 3.63) is 33.8 Å². The fourth-order valence-corrected chi connectivity index (χ4v) is 2.43. The molecule has 1 amide bonds. The van der Waals surface area contributed by atoms with Crippen LogP contribution in [0.2, 0.25) is 10.0 Å². The van der Waals surface area contributed by atoms with Crippen molar-refractivity contribution in [2.24, 2.45) is 5.92 Å². The second-order valence-electron chi connectivity index (χ2n) is 4.30. The van der Waals surface area contributed by atoms with E-state index in [1.165, 1.54) is 0 Å². The molecule has 0 aromatic heterocycles. The maximum absolute atomic E-state index is 12.3. The monoisotopic (exact) mass is 282 g/mol. The zero-order valence-corrected chi connectivity index (χ0v) is 11.2. The molecule has 1 saturated heterocycles. The Hall–Kier alpha value is -1.24. The van der Waals surface area contributed by atoms with E-state index in [-0.39, 0.29) is 11.8 Å². The van der Waals surface area contributed by atoms with Gasteiger partial charge >= 0.3 is 0 Å². The Labute approximate surface area is 116 Å². The molecule has 94 valence electrons. The highest BCUT2D eigenvalue weighted by Gasteiger charge is 2.25. The van der Waals surface area contributed by atoms with Gasteiger partial charge in [-0.2, -0.15) is 5.26 Å². The first kappa shape index (κ1) is 13.2. The van der Waals surface area contributed by atoms with Gasteiger partial charge in [-0.15, -0.1) is 0 Å². The number of hydrogen-bond acceptors (Lipinski definition) is 2. The summed E-state index contributed by atoms with van der Waals surface area (Å²) in [5.74, 6) is -0.0530. The van der Waals surface area contributed by atoms with Gasteiger partial charge in [-0.3, -0.25) is 4.79 Å². The Morgan fingerprint density at radius 1 is 1.33 bits per heavy atom. The zero-order valence-electron chi connectivity index (χ0n) is 9.70. The summed E-state index contributed by atoms with van der Waals surface area (Å²) in [6, 6.07) is 7.28. The third-order valence-electron chi connectivity index (χ3n) is 3.15. The summed E-state index contributed by atoms with van der Waals surface area (Å²) < 4.78 is 0. The summed E-state index contributed by atoms with van der Waals surface area (Å²) in [4.78, 5) is 14.0. The first-order chi connectivity index (χ1) is 8.63. The minimum absolute atomic E-state index is 0.0592. The lowest BCUT2D eigenvalue weighted by Crippen LogP contribution is -2.38. The number of nitrogens with zero attached hydrogens (tertiary/aromatic N) is 2. The zero-order chi connectivity index (χ0) is 13.1. The van der Waals surface area contributed by atoms with Crippen molar-refractivity contribution in [3.8, 4) is 6.07 Å². The van der Waals surface area contributed by atoms with Crippen LogP contribution >= 0.6 is 23.2 Å². The molecule has 3 nitrogen and oxygen atoms in total. The fourth-order valence-electron chi connectivity index (χ4n) is 2.05. The van der Waals surface area contributed by atoms with E-state index in [1.54, 1.807) is 23.1 Å². The Morgan fingerprint density at radius 2 is 2.00 bits per heavy atom. The van der Waals surface area contributed by atoms with E-state index in [9.17, 15) is 4.79 Å². The Kier molecular flexibility index (Phi) is 4.11. The molecule has 0 spiro atoms. The lowest BCUT2D eigenvalue weighted by molar-refractivity contribution is 0.0707. The molecule has 1 aliphatic heterocycles. The molecule has 0 N–H and O–H groups in total. The summed E-state index contributed by atoms with van der Waals surface area (Å²) in [7, 11) is 0. The standard InChI is InChI=1S/C13H12Cl2N2O/c14-11-3-1-2-10(12(11)15)13(18)17-6-4-9(8-16)5-7-17/h1-3,9H,4-7H2. The molecule has 1 fully saturated rings. The second kappa shape index (κ2) is 5.60. The quantitative estimate of drug-likeness (QED) is 0.793. The number of hydrogen-bond donors (Lipinski definition) is 0. The number of rotatable bonds is 1. The number of piperidine rings is 1. The predicted octanol–water partition coefficient (Wildman–Crippen LogP) is 3.37. The van der Waals surface area contributed by atoms with Gasteiger partial charge in [0.25, 0.3) is 5.91 Å². The molecule has 0 aliphatic carbocycles. The number of likely N-dealkylation sites (tertiary alicyclic amines) is 1. The van der Waals surface area contributed by atoms with E-state index < -0.39 is 0 Å². The van der Waals surface area contributed by atoms with Crippen LogP contribution in [0.1, 0.15) is 23.2 Å². The molecule has 0 saturated carbocycles. The van der Waals surface area contributed by atoms with Crippen molar-refractivity contribution < 1.29 is 4.79 Å². The van der Waals surface area contributed by atoms with Crippen LogP contribution in [0.25, 0.3) is 0 Å². The Bertz CT molecular complexity index is 502. The summed E-state index contributed by atoms with van der Waals surface area (Å²) in [5, 5.41) is 9.50. The molecule has 0 unspecified atom stereocenters. The summed E-state index contributed by atoms with van der Waals surface area (Å²) >= 11 is 11.9. The van der Waals surface area contributed by atoms with Gasteiger partial charge in [-0.05, 0) is 25.0 Å². The van der Waals surface area contributed by atoms with Crippen LogP contribution in [0, 0.1) is 17.2 Å². The molecule has 0 radical (unpaired) electrons. The van der Waals surface area contributed by atoms with E-state index in [0.717, 1.165) is 12.8 Å². The second-order valence-corrected chi connectivity index (χ2v) is 5.08. The van der Waals surface area contributed by atoms with Crippen molar-refractivity contribution in [1.82, 2.24) is 4.90 Å². The highest BCUT2D eigenvalue weighted by Crippen LogP contribution is 2.27. The molecular formula is C13H12Cl2N2O. The van der Waals surface area contributed by atoms with Gasteiger partial charge in [0, 0.05) is 19.0 Å². The third kappa shape index (κ3) is 2.60. The fraction of sp³-hybridized carbons (Fsp3) is 0.385. The number of nitriles is 1. The number of halogens is 2. The molecule has 2 rings (SSSR count). The summed E-state index contributed by atoms with van der Waals surface area (Å²) in [6.45, 7) is 1.19. The first-order valence-electron chi connectivity index (χ1n) is 5.76. The maximum atomic E-state index is 12.3. The largest absolute Gasteiger partial charge is 0.339 e. The van der Waals surface area contributed by atoms with Gasteiger partial charge < -0.3 is 4.90 Å². The van der Waals surface area contributed by atoms with Crippen LogP contribution in [0.3, 0.4) is 0 Å². The predicted molar refractivity (Wildman–Crippen MR) is 70.7 cm³/mol. The van der Waals surface area contributed by atoms with Crippen molar-refractivity contribution >= 4 is 29.1 Å². The molecule has 1 heterocycles. The average molecular weight is 283 g/mol. The Balaban J connectivity index is 2.13. The molecule has 1 aliphatic rings. The summed E-state index contributed by atoms with van der Waals surface area (Å²) in [5.41, 5.74) is 0.430. The van der Waals surface area contributed by atoms with E-state index in [0.29, 0.717) is 28.7 Å². The van der Waals surface area contributed by atoms with Gasteiger partial charge in [-0.1, -0.05) is 29.3 Å². The van der Waals surface area contributed by atoms with E-state index in [2.05, 4.69) is 6.07 Å². The number of carbonyl (C=O) groups excluding carboxylic acids is 1. The van der Waals surface area contributed by atoms with E-state index >= 15 is 0 Å². The van der Waals surface area contributed by atoms with E-state index in [4.69, 9.17) is 28.5 Å². The van der Waals surface area contributed by atoms with Crippen molar-refractivity contribution in [2.75, 3.05) is 13.1 Å². The smallest absolute Gasteiger partial charge is 0.255 e. The number of carbonyl (C=O) groups is 1. The van der Waals surface area contributed by atoms with Crippen LogP contribution in [0.5, 0.6) is 0 Å². The van der Waals surface area contributed by atoms with Gasteiger partial charge in [0.1, 0.15) is 0 Å². The van der Waals surface area contributed by atoms with Crippen molar-refractivity contribution in [2.45, 2.75) is 12.8 Å². The highest BCUT2D eigenvalue weighted by molar-refractivity contribution is 6.43. The summed E-state index contributed by atoms with van der Waals surface area (Å²) in [6.07, 6.45) is 1.45. The molecule has 0 bridgehead atoms. The molecule has 1 aromatic carbocycles. The minimum Gasteiger partial charge on any atom is -0.339 e. The maximum Gasteiger partial charge on any atom is 0.255 e. The number of benzene rings is 1. The minimum atomic E-state index is -0.112. The lowest BCUT2D eigenvalue weighted by atomic mass is 9.98. The molecular weight excluding hydrogens is 271 g/mol. The van der Waals surface area contributed by atoms with Crippen LogP contribution in [0.15, 0.2) is 18.2 Å². The van der Waals surface area contributed by atoms with E-state index in [1.807, 2.05) is 0 Å². The molecule has 1 aromatic rings. The normalized spacial score (nSPS) is 16.4. The Morgan fingerprint density at radius 3 is 2.61 bits per heavy atom. The van der Waals surface area contributed by atoms with Crippen molar-refractivity contribution in [3.63, 3.8) is 0 Å². The average Bonchev–Trinajstić information content (AvgIpc) is 2.41. The van der Waals surface area contributed by atoms with Gasteiger partial charge in [0.15, 0.2) is 0 Å². The topological polar surface area (TPSA) is 44.1 Å². The number of amides is 1. The van der Waals surface area contributed by atoms with Crippen LogP contribution in [-0.4, -0.2) is 23.9 Å². The van der Waals surface area contributed by atoms with Crippen LogP contribution in [-0.2, 0) is 0 Å². The molecule has 0 atom stereocenters. The third-order valence-corrected chi connectivity index (χ3v) is 3.97. The van der Waals surface area contributed by atoms with Crippen LogP contribution < -0.4 is 0 Å². The van der Waals surface area contributed by atoms with Gasteiger partial charge in [0.05, 0.1) is 21.7 Å². The SMILES string of the molecule is N#CC1CCN(C(=O)c2cccc(Cl)c2Cl)CC1. The lowest BCUT2D eigenvalue weighted by Gasteiger charge is -2.29. The first-order valence-corrected chi connectivity index (χ1v) is 6.52.